The fourth-order valence-corrected chi connectivity index (χ4v) is 2.87. The van der Waals surface area contributed by atoms with Gasteiger partial charge in [0.15, 0.2) is 0 Å². The number of rotatable bonds is 5. The van der Waals surface area contributed by atoms with Crippen molar-refractivity contribution in [3.05, 3.63) is 34.8 Å². The van der Waals surface area contributed by atoms with E-state index in [4.69, 9.17) is 4.43 Å². The first kappa shape index (κ1) is 28.3. The van der Waals surface area contributed by atoms with Crippen molar-refractivity contribution < 1.29 is 55.4 Å². The van der Waals surface area contributed by atoms with Crippen LogP contribution in [0, 0.1) is 6.08 Å². The van der Waals surface area contributed by atoms with Gasteiger partial charge in [-0.25, -0.2) is 0 Å². The Balaban J connectivity index is -0.00000133. The first-order chi connectivity index (χ1) is 9.02. The van der Waals surface area contributed by atoms with E-state index in [0.29, 0.717) is 0 Å². The fourth-order valence-electron chi connectivity index (χ4n) is 2.05. The molecular formula is C17H30Cl2NOSiZr. The van der Waals surface area contributed by atoms with Gasteiger partial charge in [0.2, 0.25) is 8.32 Å². The van der Waals surface area contributed by atoms with E-state index in [1.807, 2.05) is 0 Å². The largest absolute Gasteiger partial charge is 3.00 e. The first-order valence-corrected chi connectivity index (χ1v) is 11.0. The summed E-state index contributed by atoms with van der Waals surface area (Å²) in [7, 11) is -1.61. The minimum Gasteiger partial charge on any atom is -1.00 e. The van der Waals surface area contributed by atoms with Crippen molar-refractivity contribution in [3.63, 3.8) is 0 Å². The fraction of sp³-hybridized carbons (Fsp3) is 0.647. The monoisotopic (exact) mass is 452 g/mol. The molecule has 2 nitrogen and oxygen atoms in total. The Morgan fingerprint density at radius 1 is 1.22 bits per heavy atom. The summed E-state index contributed by atoms with van der Waals surface area (Å²) in [6.07, 6.45) is 7.92. The Hall–Kier alpha value is 0.500. The normalized spacial score (nSPS) is 16.2. The van der Waals surface area contributed by atoms with Crippen LogP contribution in [0.4, 0.5) is 0 Å². The molecule has 0 aliphatic heterocycles. The third kappa shape index (κ3) is 10.9. The maximum absolute atomic E-state index is 6.22. The number of halogens is 2. The molecule has 0 bridgehead atoms. The molecule has 1 aliphatic carbocycles. The molecule has 0 spiro atoms. The number of nitrogens with one attached hydrogen (secondary N) is 1. The van der Waals surface area contributed by atoms with Crippen LogP contribution in [-0.2, 0) is 30.6 Å². The molecule has 23 heavy (non-hydrogen) atoms. The van der Waals surface area contributed by atoms with Crippen LogP contribution in [0.3, 0.4) is 0 Å². The van der Waals surface area contributed by atoms with Gasteiger partial charge in [-0.15, -0.1) is 17.7 Å². The Morgan fingerprint density at radius 2 is 1.74 bits per heavy atom. The Kier molecular flexibility index (Phi) is 13.8. The van der Waals surface area contributed by atoms with E-state index in [-0.39, 0.29) is 56.6 Å². The first-order valence-electron chi connectivity index (χ1n) is 7.55. The molecule has 6 heteroatoms. The Morgan fingerprint density at radius 3 is 2.13 bits per heavy atom. The summed E-state index contributed by atoms with van der Waals surface area (Å²) < 4.78 is 6.22. The number of allylic oxidation sites excluding steroid dienone is 4. The minimum atomic E-state index is -1.61. The molecule has 0 aromatic rings. The van der Waals surface area contributed by atoms with E-state index in [1.54, 1.807) is 0 Å². The van der Waals surface area contributed by atoms with Gasteiger partial charge in [0.05, 0.1) is 0 Å². The van der Waals surface area contributed by atoms with Gasteiger partial charge in [-0.05, 0) is 46.1 Å². The molecule has 131 valence electrons. The molecule has 0 atom stereocenters. The summed E-state index contributed by atoms with van der Waals surface area (Å²) in [6, 6.07) is 0. The van der Waals surface area contributed by atoms with Crippen molar-refractivity contribution in [2.45, 2.75) is 72.6 Å². The van der Waals surface area contributed by atoms with Crippen LogP contribution in [0.15, 0.2) is 28.7 Å². The second kappa shape index (κ2) is 11.2. The van der Waals surface area contributed by atoms with E-state index >= 15 is 0 Å². The van der Waals surface area contributed by atoms with Gasteiger partial charge in [-0.3, -0.25) is 0 Å². The van der Waals surface area contributed by atoms with Gasteiger partial charge in [-0.2, -0.15) is 5.57 Å². The third-order valence-electron chi connectivity index (χ3n) is 2.78. The molecular weight excluding hydrogens is 424 g/mol. The average molecular weight is 455 g/mol. The minimum absolute atomic E-state index is 0. The van der Waals surface area contributed by atoms with Crippen molar-refractivity contribution in [1.82, 2.24) is 5.32 Å². The van der Waals surface area contributed by atoms with Gasteiger partial charge >= 0.3 is 26.2 Å². The smallest absolute Gasteiger partial charge is 1.00 e. The summed E-state index contributed by atoms with van der Waals surface area (Å²) in [5.41, 5.74) is 3.59. The summed E-state index contributed by atoms with van der Waals surface area (Å²) in [5, 5.41) is 3.52. The quantitative estimate of drug-likeness (QED) is 0.422. The van der Waals surface area contributed by atoms with Crippen molar-refractivity contribution in [2.75, 3.05) is 0 Å². The van der Waals surface area contributed by atoms with Crippen molar-refractivity contribution in [3.8, 4) is 0 Å². The maximum atomic E-state index is 6.22. The van der Waals surface area contributed by atoms with E-state index in [0.717, 1.165) is 24.3 Å². The summed E-state index contributed by atoms with van der Waals surface area (Å²) in [5.74, 6) is 0.963. The van der Waals surface area contributed by atoms with Crippen LogP contribution in [0.1, 0.15) is 47.5 Å². The van der Waals surface area contributed by atoms with Crippen molar-refractivity contribution in [2.24, 2.45) is 0 Å². The van der Waals surface area contributed by atoms with Crippen LogP contribution >= 0.6 is 0 Å². The number of hydrogen-bond acceptors (Lipinski definition) is 2. The van der Waals surface area contributed by atoms with Gasteiger partial charge in [-0.1, -0.05) is 26.7 Å². The second-order valence-electron chi connectivity index (χ2n) is 7.54. The Labute approximate surface area is 175 Å². The zero-order valence-electron chi connectivity index (χ0n) is 15.7. The van der Waals surface area contributed by atoms with Gasteiger partial charge < -0.3 is 34.6 Å². The molecule has 0 aromatic carbocycles. The van der Waals surface area contributed by atoms with Crippen LogP contribution in [0.2, 0.25) is 19.6 Å². The van der Waals surface area contributed by atoms with Gasteiger partial charge in [0.25, 0.3) is 0 Å². The zero-order valence-corrected chi connectivity index (χ0v) is 20.6. The third-order valence-corrected chi connectivity index (χ3v) is 3.61. The molecule has 1 aliphatic rings. The molecule has 1 N–H and O–H groups in total. The molecule has 0 saturated heterocycles. The molecule has 1 radical (unpaired) electrons. The molecule has 1 rings (SSSR count). The van der Waals surface area contributed by atoms with E-state index in [9.17, 15) is 0 Å². The maximum Gasteiger partial charge on any atom is 3.00 e. The predicted molar refractivity (Wildman–Crippen MR) is 89.8 cm³/mol. The average Bonchev–Trinajstić information content (AvgIpc) is 2.57. The SMILES string of the molecule is CCCC(C)=C1[C-]=C(NC(C)(C)C)C(O[Si](C)(C)C)=C1.[Cl-].[Cl-].[Zr+3]. The Bertz CT molecular complexity index is 426. The number of hydrogen-bond donors (Lipinski definition) is 1. The van der Waals surface area contributed by atoms with E-state index in [1.165, 1.54) is 11.1 Å². The molecule has 0 heterocycles. The molecule has 0 fully saturated rings. The van der Waals surface area contributed by atoms with Crippen molar-refractivity contribution in [1.29, 1.82) is 0 Å². The predicted octanol–water partition coefficient (Wildman–Crippen LogP) is -1.07. The van der Waals surface area contributed by atoms with Crippen LogP contribution in [0.25, 0.3) is 0 Å². The standard InChI is InChI=1S/C17H30NOSi.2ClH.Zr/c1-9-10-13(2)14-11-15(18-17(3,4)5)16(12-14)19-20(6,7)8;;;/h12,18H,9-10H2,1-8H3;2*1H;/q-1;;;+3/p-2. The van der Waals surface area contributed by atoms with Gasteiger partial charge in [0.1, 0.15) is 0 Å². The summed E-state index contributed by atoms with van der Waals surface area (Å²) in [6.45, 7) is 17.5. The van der Waals surface area contributed by atoms with Crippen LogP contribution in [0.5, 0.6) is 0 Å². The van der Waals surface area contributed by atoms with Crippen LogP contribution < -0.4 is 30.1 Å². The van der Waals surface area contributed by atoms with Crippen LogP contribution in [-0.4, -0.2) is 13.9 Å². The molecule has 0 unspecified atom stereocenters. The zero-order chi connectivity index (χ0) is 15.6. The topological polar surface area (TPSA) is 21.3 Å². The molecule has 0 aromatic heterocycles. The van der Waals surface area contributed by atoms with Crippen molar-refractivity contribution >= 4 is 8.32 Å². The van der Waals surface area contributed by atoms with E-state index < -0.39 is 8.32 Å². The van der Waals surface area contributed by atoms with Gasteiger partial charge in [0, 0.05) is 11.3 Å². The molecule has 0 saturated carbocycles. The van der Waals surface area contributed by atoms with E-state index in [2.05, 4.69) is 71.7 Å². The summed E-state index contributed by atoms with van der Waals surface area (Å²) >= 11 is 0. The second-order valence-corrected chi connectivity index (χ2v) is 12.0. The summed E-state index contributed by atoms with van der Waals surface area (Å²) in [4.78, 5) is 0. The molecule has 0 amide bonds.